The van der Waals surface area contributed by atoms with E-state index in [1.54, 1.807) is 24.3 Å². The first-order chi connectivity index (χ1) is 15.4. The van der Waals surface area contributed by atoms with Gasteiger partial charge in [-0.2, -0.15) is 5.26 Å². The standard InChI is InChI=1S/C25H29N3O4/c1-3-5-18-12-16(4-2)13-21(24(18)32-15-22(29)27-19-10-11-19)23(25(30)31)28-20-8-6-17(14-26)7-9-20/h6-9,12-13,19,23,28H,3-5,10-11,15H2,1-2H3,(H,27,29)(H,30,31). The molecule has 2 aromatic carbocycles. The predicted octanol–water partition coefficient (Wildman–Crippen LogP) is 3.97. The van der Waals surface area contributed by atoms with Crippen LogP contribution >= 0.6 is 0 Å². The van der Waals surface area contributed by atoms with Crippen molar-refractivity contribution in [3.8, 4) is 11.8 Å². The molecule has 0 spiro atoms. The highest BCUT2D eigenvalue weighted by Gasteiger charge is 2.28. The fourth-order valence-corrected chi connectivity index (χ4v) is 3.55. The van der Waals surface area contributed by atoms with Crippen LogP contribution in [0.3, 0.4) is 0 Å². The van der Waals surface area contributed by atoms with E-state index >= 15 is 0 Å². The van der Waals surface area contributed by atoms with Crippen LogP contribution in [0.4, 0.5) is 5.69 Å². The Morgan fingerprint density at radius 1 is 1.22 bits per heavy atom. The molecule has 168 valence electrons. The number of rotatable bonds is 11. The van der Waals surface area contributed by atoms with Crippen molar-refractivity contribution < 1.29 is 19.4 Å². The molecule has 1 aliphatic carbocycles. The van der Waals surface area contributed by atoms with Crippen molar-refractivity contribution in [3.63, 3.8) is 0 Å². The fraction of sp³-hybridized carbons (Fsp3) is 0.400. The molecule has 0 saturated heterocycles. The molecule has 1 amide bonds. The summed E-state index contributed by atoms with van der Waals surface area (Å²) < 4.78 is 5.96. The lowest BCUT2D eigenvalue weighted by Crippen LogP contribution is -2.31. The molecule has 1 atom stereocenters. The first-order valence-corrected chi connectivity index (χ1v) is 11.0. The zero-order valence-electron chi connectivity index (χ0n) is 18.5. The van der Waals surface area contributed by atoms with Gasteiger partial charge in [0.25, 0.3) is 5.91 Å². The molecule has 7 nitrogen and oxygen atoms in total. The minimum Gasteiger partial charge on any atom is -0.483 e. The van der Waals surface area contributed by atoms with Crippen LogP contribution in [-0.4, -0.2) is 29.6 Å². The minimum atomic E-state index is -1.08. The number of carboxylic acid groups (broad SMARTS) is 1. The highest BCUT2D eigenvalue weighted by Crippen LogP contribution is 2.34. The van der Waals surface area contributed by atoms with E-state index in [1.165, 1.54) is 0 Å². The van der Waals surface area contributed by atoms with Gasteiger partial charge in [-0.05, 0) is 67.1 Å². The van der Waals surface area contributed by atoms with Crippen LogP contribution in [0, 0.1) is 11.3 Å². The van der Waals surface area contributed by atoms with Crippen LogP contribution in [0.15, 0.2) is 36.4 Å². The molecule has 0 bridgehead atoms. The number of carboxylic acids is 1. The Hall–Kier alpha value is -3.53. The second-order valence-corrected chi connectivity index (χ2v) is 8.01. The van der Waals surface area contributed by atoms with Crippen molar-refractivity contribution in [2.45, 2.75) is 58.0 Å². The van der Waals surface area contributed by atoms with Gasteiger partial charge < -0.3 is 20.5 Å². The molecule has 0 heterocycles. The monoisotopic (exact) mass is 435 g/mol. The Bertz CT molecular complexity index is 1010. The van der Waals surface area contributed by atoms with E-state index < -0.39 is 12.0 Å². The number of hydrogen-bond acceptors (Lipinski definition) is 5. The van der Waals surface area contributed by atoms with E-state index in [0.717, 1.165) is 36.8 Å². The van der Waals surface area contributed by atoms with Crippen LogP contribution in [-0.2, 0) is 22.4 Å². The van der Waals surface area contributed by atoms with Gasteiger partial charge in [-0.25, -0.2) is 4.79 Å². The van der Waals surface area contributed by atoms with Crippen molar-refractivity contribution in [1.82, 2.24) is 5.32 Å². The first kappa shape index (κ1) is 23.1. The number of nitriles is 1. The average Bonchev–Trinajstić information content (AvgIpc) is 3.60. The van der Waals surface area contributed by atoms with Crippen LogP contribution in [0.1, 0.15) is 61.4 Å². The molecule has 3 N–H and O–H groups in total. The summed E-state index contributed by atoms with van der Waals surface area (Å²) in [7, 11) is 0. The van der Waals surface area contributed by atoms with Gasteiger partial charge in [0, 0.05) is 17.3 Å². The van der Waals surface area contributed by atoms with Gasteiger partial charge in [-0.3, -0.25) is 4.79 Å². The molecule has 1 saturated carbocycles. The summed E-state index contributed by atoms with van der Waals surface area (Å²) in [5, 5.41) is 25.0. The van der Waals surface area contributed by atoms with E-state index in [2.05, 4.69) is 16.7 Å². The van der Waals surface area contributed by atoms with Crippen molar-refractivity contribution >= 4 is 17.6 Å². The summed E-state index contributed by atoms with van der Waals surface area (Å²) >= 11 is 0. The van der Waals surface area contributed by atoms with E-state index in [9.17, 15) is 14.7 Å². The summed E-state index contributed by atoms with van der Waals surface area (Å²) in [6.45, 7) is 3.91. The Morgan fingerprint density at radius 3 is 2.50 bits per heavy atom. The van der Waals surface area contributed by atoms with Gasteiger partial charge in [-0.15, -0.1) is 0 Å². The fourth-order valence-electron chi connectivity index (χ4n) is 3.55. The highest BCUT2D eigenvalue weighted by molar-refractivity contribution is 5.81. The molecule has 1 fully saturated rings. The Balaban J connectivity index is 1.96. The maximum atomic E-state index is 12.3. The number of benzene rings is 2. The van der Waals surface area contributed by atoms with Crippen LogP contribution < -0.4 is 15.4 Å². The van der Waals surface area contributed by atoms with Gasteiger partial charge in [0.2, 0.25) is 0 Å². The molecule has 0 aliphatic heterocycles. The van der Waals surface area contributed by atoms with Crippen molar-refractivity contribution in [2.24, 2.45) is 0 Å². The number of hydrogen-bond donors (Lipinski definition) is 3. The van der Waals surface area contributed by atoms with Crippen molar-refractivity contribution in [2.75, 3.05) is 11.9 Å². The summed E-state index contributed by atoms with van der Waals surface area (Å²) in [5.41, 5.74) is 3.46. The Kier molecular flexibility index (Phi) is 7.72. The smallest absolute Gasteiger partial charge is 0.330 e. The molecular weight excluding hydrogens is 406 g/mol. The predicted molar refractivity (Wildman–Crippen MR) is 122 cm³/mol. The number of carbonyl (C=O) groups is 2. The number of nitrogens with one attached hydrogen (secondary N) is 2. The minimum absolute atomic E-state index is 0.158. The molecule has 32 heavy (non-hydrogen) atoms. The first-order valence-electron chi connectivity index (χ1n) is 11.0. The third-order valence-corrected chi connectivity index (χ3v) is 5.35. The van der Waals surface area contributed by atoms with E-state index in [1.807, 2.05) is 26.0 Å². The summed E-state index contributed by atoms with van der Waals surface area (Å²) in [5.74, 6) is -0.812. The molecule has 0 radical (unpaired) electrons. The van der Waals surface area contributed by atoms with E-state index in [0.29, 0.717) is 29.0 Å². The van der Waals surface area contributed by atoms with Crippen molar-refractivity contribution in [1.29, 1.82) is 5.26 Å². The quantitative estimate of drug-likeness (QED) is 0.492. The maximum Gasteiger partial charge on any atom is 0.330 e. The number of aryl methyl sites for hydroxylation is 2. The van der Waals surface area contributed by atoms with Gasteiger partial charge >= 0.3 is 5.97 Å². The molecule has 1 unspecified atom stereocenters. The zero-order valence-corrected chi connectivity index (χ0v) is 18.5. The molecule has 7 heteroatoms. The maximum absolute atomic E-state index is 12.3. The summed E-state index contributed by atoms with van der Waals surface area (Å²) in [4.78, 5) is 24.5. The number of aliphatic carboxylic acids is 1. The normalized spacial score (nSPS) is 13.7. The van der Waals surface area contributed by atoms with Gasteiger partial charge in [0.15, 0.2) is 12.6 Å². The lowest BCUT2D eigenvalue weighted by atomic mass is 9.95. The van der Waals surface area contributed by atoms with Crippen LogP contribution in [0.5, 0.6) is 5.75 Å². The molecule has 0 aromatic heterocycles. The molecule has 3 rings (SSSR count). The van der Waals surface area contributed by atoms with E-state index in [-0.39, 0.29) is 18.6 Å². The third-order valence-electron chi connectivity index (χ3n) is 5.35. The highest BCUT2D eigenvalue weighted by atomic mass is 16.5. The molecule has 1 aliphatic rings. The number of ether oxygens (including phenoxy) is 1. The molecular formula is C25H29N3O4. The second-order valence-electron chi connectivity index (χ2n) is 8.01. The Morgan fingerprint density at radius 2 is 1.94 bits per heavy atom. The third kappa shape index (κ3) is 6.01. The topological polar surface area (TPSA) is 111 Å². The average molecular weight is 436 g/mol. The number of carbonyl (C=O) groups excluding carboxylic acids is 1. The van der Waals surface area contributed by atoms with Crippen LogP contribution in [0.25, 0.3) is 0 Å². The SMILES string of the molecule is CCCc1cc(CC)cc(C(Nc2ccc(C#N)cc2)C(=O)O)c1OCC(=O)NC1CC1. The van der Waals surface area contributed by atoms with Crippen molar-refractivity contribution in [3.05, 3.63) is 58.7 Å². The number of amides is 1. The van der Waals surface area contributed by atoms with Gasteiger partial charge in [0.1, 0.15) is 5.75 Å². The number of nitrogens with zero attached hydrogens (tertiary/aromatic N) is 1. The zero-order chi connectivity index (χ0) is 23.1. The Labute approximate surface area is 188 Å². The largest absolute Gasteiger partial charge is 0.483 e. The van der Waals surface area contributed by atoms with Crippen LogP contribution in [0.2, 0.25) is 0 Å². The summed E-state index contributed by atoms with van der Waals surface area (Å²) in [6, 6.07) is 11.7. The second kappa shape index (κ2) is 10.7. The van der Waals surface area contributed by atoms with Gasteiger partial charge in [0.05, 0.1) is 11.6 Å². The number of anilines is 1. The van der Waals surface area contributed by atoms with E-state index in [4.69, 9.17) is 10.00 Å². The summed E-state index contributed by atoms with van der Waals surface area (Å²) in [6.07, 6.45) is 4.29. The lowest BCUT2D eigenvalue weighted by molar-refractivity contribution is -0.138. The van der Waals surface area contributed by atoms with Gasteiger partial charge in [-0.1, -0.05) is 26.3 Å². The molecule has 2 aromatic rings. The lowest BCUT2D eigenvalue weighted by Gasteiger charge is -2.23.